The Labute approximate surface area is 200 Å². The van der Waals surface area contributed by atoms with Gasteiger partial charge >= 0.3 is 0 Å². The van der Waals surface area contributed by atoms with Gasteiger partial charge in [-0.25, -0.2) is 4.98 Å². The number of aromatic nitrogens is 5. The van der Waals surface area contributed by atoms with Crippen LogP contribution in [-0.2, 0) is 10.5 Å². The van der Waals surface area contributed by atoms with Crippen molar-refractivity contribution in [2.24, 2.45) is 0 Å². The number of nitrogens with zero attached hydrogens (tertiary/aromatic N) is 6. The Balaban J connectivity index is 1.57. The van der Waals surface area contributed by atoms with E-state index in [4.69, 9.17) is 9.72 Å². The molecular weight excluding hydrogens is 456 g/mol. The Bertz CT molecular complexity index is 1280. The molecule has 2 aromatic carbocycles. The third-order valence-corrected chi connectivity index (χ3v) is 6.89. The minimum atomic E-state index is -0.0727. The standard InChI is InChI=1S/C23H24N6O2S2/c1-14-9-10-20(31-5)19(11-14)29-23(25-26-27-29)33-13-18-12-32-22(24-18)28(17(4)30)21-15(2)7-6-8-16(21)3/h6-12H,13H2,1-5H3. The number of hydrogen-bond donors (Lipinski definition) is 0. The Morgan fingerprint density at radius 1 is 1.18 bits per heavy atom. The quantitative estimate of drug-likeness (QED) is 0.343. The number of tetrazole rings is 1. The van der Waals surface area contributed by atoms with Crippen molar-refractivity contribution in [1.29, 1.82) is 0 Å². The van der Waals surface area contributed by atoms with Crippen LogP contribution in [0.15, 0.2) is 46.9 Å². The Morgan fingerprint density at radius 3 is 2.64 bits per heavy atom. The van der Waals surface area contributed by atoms with E-state index >= 15 is 0 Å². The molecule has 0 bridgehead atoms. The van der Waals surface area contributed by atoms with Crippen LogP contribution in [0.1, 0.15) is 29.3 Å². The normalized spacial score (nSPS) is 10.9. The zero-order valence-corrected chi connectivity index (χ0v) is 20.7. The number of thioether (sulfide) groups is 1. The molecule has 2 aromatic heterocycles. The van der Waals surface area contributed by atoms with Crippen LogP contribution < -0.4 is 9.64 Å². The lowest BCUT2D eigenvalue weighted by molar-refractivity contribution is -0.115. The van der Waals surface area contributed by atoms with Crippen LogP contribution in [0.3, 0.4) is 0 Å². The third-order valence-electron chi connectivity index (χ3n) is 5.06. The van der Waals surface area contributed by atoms with Crippen LogP contribution >= 0.6 is 23.1 Å². The highest BCUT2D eigenvalue weighted by Gasteiger charge is 2.22. The van der Waals surface area contributed by atoms with Crippen molar-refractivity contribution < 1.29 is 9.53 Å². The maximum Gasteiger partial charge on any atom is 0.230 e. The van der Waals surface area contributed by atoms with Gasteiger partial charge in [0.25, 0.3) is 0 Å². The van der Waals surface area contributed by atoms with E-state index in [1.165, 1.54) is 23.1 Å². The topological polar surface area (TPSA) is 86.0 Å². The average molecular weight is 481 g/mol. The second-order valence-corrected chi connectivity index (χ2v) is 9.33. The van der Waals surface area contributed by atoms with Gasteiger partial charge in [-0.1, -0.05) is 36.0 Å². The number of para-hydroxylation sites is 1. The van der Waals surface area contributed by atoms with E-state index in [2.05, 4.69) is 15.5 Å². The van der Waals surface area contributed by atoms with Crippen molar-refractivity contribution in [2.75, 3.05) is 12.0 Å². The van der Waals surface area contributed by atoms with E-state index < -0.39 is 0 Å². The Morgan fingerprint density at radius 2 is 1.94 bits per heavy atom. The van der Waals surface area contributed by atoms with Gasteiger partial charge in [0.2, 0.25) is 11.1 Å². The van der Waals surface area contributed by atoms with Gasteiger partial charge < -0.3 is 4.74 Å². The molecule has 0 N–H and O–H groups in total. The first-order valence-electron chi connectivity index (χ1n) is 10.3. The van der Waals surface area contributed by atoms with Crippen LogP contribution in [0.2, 0.25) is 0 Å². The van der Waals surface area contributed by atoms with E-state index in [0.29, 0.717) is 21.8 Å². The maximum atomic E-state index is 12.5. The summed E-state index contributed by atoms with van der Waals surface area (Å²) < 4.78 is 7.15. The number of ether oxygens (including phenoxy) is 1. The predicted octanol–water partition coefficient (Wildman–Crippen LogP) is 5.03. The first kappa shape index (κ1) is 22.9. The molecule has 10 heteroatoms. The lowest BCUT2D eigenvalue weighted by Gasteiger charge is -2.22. The highest BCUT2D eigenvalue weighted by atomic mass is 32.2. The predicted molar refractivity (Wildman–Crippen MR) is 131 cm³/mol. The highest BCUT2D eigenvalue weighted by molar-refractivity contribution is 7.98. The van der Waals surface area contributed by atoms with Crippen molar-refractivity contribution >= 4 is 39.8 Å². The van der Waals surface area contributed by atoms with Gasteiger partial charge in [0.15, 0.2) is 5.13 Å². The Kier molecular flexibility index (Phi) is 6.75. The van der Waals surface area contributed by atoms with Crippen molar-refractivity contribution in [2.45, 2.75) is 38.6 Å². The first-order valence-corrected chi connectivity index (χ1v) is 12.1. The fraction of sp³-hybridized carbons (Fsp3) is 0.261. The van der Waals surface area contributed by atoms with E-state index in [1.54, 1.807) is 23.6 Å². The van der Waals surface area contributed by atoms with Crippen LogP contribution in [0, 0.1) is 20.8 Å². The molecule has 0 spiro atoms. The lowest BCUT2D eigenvalue weighted by Crippen LogP contribution is -2.24. The summed E-state index contributed by atoms with van der Waals surface area (Å²) in [5.41, 5.74) is 5.65. The molecule has 0 saturated carbocycles. The van der Waals surface area contributed by atoms with E-state index in [1.807, 2.05) is 62.5 Å². The molecule has 0 aliphatic rings. The smallest absolute Gasteiger partial charge is 0.230 e. The number of methoxy groups -OCH3 is 1. The van der Waals surface area contributed by atoms with Gasteiger partial charge in [0, 0.05) is 18.1 Å². The highest BCUT2D eigenvalue weighted by Crippen LogP contribution is 2.35. The van der Waals surface area contributed by atoms with E-state index in [0.717, 1.165) is 33.8 Å². The fourth-order valence-corrected chi connectivity index (χ4v) is 5.29. The third kappa shape index (κ3) is 4.76. The molecule has 170 valence electrons. The second-order valence-electron chi connectivity index (χ2n) is 7.55. The number of thiazole rings is 1. The Hall–Kier alpha value is -3.24. The van der Waals surface area contributed by atoms with Crippen LogP contribution in [0.25, 0.3) is 5.69 Å². The number of carbonyl (C=O) groups excluding carboxylic acids is 1. The number of carbonyl (C=O) groups is 1. The number of aryl methyl sites for hydroxylation is 3. The molecule has 0 fully saturated rings. The van der Waals surface area contributed by atoms with Crippen molar-refractivity contribution in [1.82, 2.24) is 25.2 Å². The zero-order valence-electron chi connectivity index (χ0n) is 19.1. The maximum absolute atomic E-state index is 12.5. The molecule has 2 heterocycles. The minimum absolute atomic E-state index is 0.0727. The van der Waals surface area contributed by atoms with Gasteiger partial charge in [0.05, 0.1) is 18.5 Å². The molecule has 1 amide bonds. The molecule has 0 radical (unpaired) electrons. The van der Waals surface area contributed by atoms with Gasteiger partial charge in [-0.3, -0.25) is 9.69 Å². The fourth-order valence-electron chi connectivity index (χ4n) is 3.54. The number of anilines is 2. The summed E-state index contributed by atoms with van der Waals surface area (Å²) in [6, 6.07) is 11.9. The average Bonchev–Trinajstić information content (AvgIpc) is 3.44. The number of benzene rings is 2. The number of amides is 1. The summed E-state index contributed by atoms with van der Waals surface area (Å²) in [7, 11) is 1.62. The summed E-state index contributed by atoms with van der Waals surface area (Å²) in [6.45, 7) is 7.57. The van der Waals surface area contributed by atoms with Crippen LogP contribution in [-0.4, -0.2) is 38.2 Å². The molecule has 0 aliphatic carbocycles. The lowest BCUT2D eigenvalue weighted by atomic mass is 10.1. The summed E-state index contributed by atoms with van der Waals surface area (Å²) in [5, 5.41) is 15.4. The van der Waals surface area contributed by atoms with Gasteiger partial charge in [0.1, 0.15) is 11.4 Å². The second kappa shape index (κ2) is 9.72. The monoisotopic (exact) mass is 480 g/mol. The molecule has 0 atom stereocenters. The molecule has 33 heavy (non-hydrogen) atoms. The molecule has 0 saturated heterocycles. The molecule has 0 unspecified atom stereocenters. The minimum Gasteiger partial charge on any atom is -0.494 e. The van der Waals surface area contributed by atoms with Gasteiger partial charge in [-0.15, -0.1) is 16.4 Å². The van der Waals surface area contributed by atoms with E-state index in [-0.39, 0.29) is 5.91 Å². The molecule has 4 rings (SSSR count). The molecule has 4 aromatic rings. The van der Waals surface area contributed by atoms with Crippen molar-refractivity contribution in [3.63, 3.8) is 0 Å². The van der Waals surface area contributed by atoms with Crippen molar-refractivity contribution in [3.8, 4) is 11.4 Å². The van der Waals surface area contributed by atoms with Gasteiger partial charge in [-0.05, 0) is 60.0 Å². The summed E-state index contributed by atoms with van der Waals surface area (Å²) >= 11 is 2.92. The molecular formula is C23H24N6O2S2. The number of rotatable bonds is 7. The zero-order chi connectivity index (χ0) is 23.5. The number of hydrogen-bond acceptors (Lipinski definition) is 8. The summed E-state index contributed by atoms with van der Waals surface area (Å²) in [4.78, 5) is 19.0. The summed E-state index contributed by atoms with van der Waals surface area (Å²) in [6.07, 6.45) is 0. The van der Waals surface area contributed by atoms with Crippen molar-refractivity contribution in [3.05, 3.63) is 64.2 Å². The summed E-state index contributed by atoms with van der Waals surface area (Å²) in [5.74, 6) is 1.18. The van der Waals surface area contributed by atoms with Gasteiger partial charge in [-0.2, -0.15) is 4.68 Å². The van der Waals surface area contributed by atoms with E-state index in [9.17, 15) is 4.79 Å². The largest absolute Gasteiger partial charge is 0.494 e. The van der Waals surface area contributed by atoms with Crippen LogP contribution in [0.5, 0.6) is 5.75 Å². The molecule has 8 nitrogen and oxygen atoms in total. The SMILES string of the molecule is COc1ccc(C)cc1-n1nnnc1SCc1csc(N(C(C)=O)c2c(C)cccc2C)n1. The van der Waals surface area contributed by atoms with Crippen LogP contribution in [0.4, 0.5) is 10.8 Å². The first-order chi connectivity index (χ1) is 15.9. The molecule has 0 aliphatic heterocycles.